The van der Waals surface area contributed by atoms with E-state index in [1.807, 2.05) is 30.3 Å². The van der Waals surface area contributed by atoms with E-state index < -0.39 is 23.2 Å². The Bertz CT molecular complexity index is 558. The summed E-state index contributed by atoms with van der Waals surface area (Å²) in [4.78, 5) is 23.3. The lowest BCUT2D eigenvalue weighted by Gasteiger charge is -2.44. The first-order chi connectivity index (χ1) is 10.7. The first-order valence-corrected chi connectivity index (χ1v) is 7.60. The second-order valence-electron chi connectivity index (χ2n) is 6.84. The molecular weight excluding hydrogens is 298 g/mol. The largest absolute Gasteiger partial charge is 0.479 e. The minimum atomic E-state index is -1.30. The molecule has 2 N–H and O–H groups in total. The number of alkyl carbamates (subject to hydrolysis) is 1. The van der Waals surface area contributed by atoms with Crippen LogP contribution < -0.4 is 5.32 Å². The van der Waals surface area contributed by atoms with E-state index >= 15 is 0 Å². The van der Waals surface area contributed by atoms with Crippen molar-refractivity contribution in [3.63, 3.8) is 0 Å². The molecule has 0 aromatic heterocycles. The Morgan fingerprint density at radius 3 is 2.39 bits per heavy atom. The third kappa shape index (κ3) is 4.69. The monoisotopic (exact) mass is 321 g/mol. The maximum atomic E-state index is 11.8. The molecule has 0 bridgehead atoms. The third-order valence-corrected chi connectivity index (χ3v) is 3.63. The van der Waals surface area contributed by atoms with Crippen LogP contribution in [0.1, 0.15) is 39.2 Å². The van der Waals surface area contributed by atoms with Gasteiger partial charge in [0.2, 0.25) is 0 Å². The predicted molar refractivity (Wildman–Crippen MR) is 84.0 cm³/mol. The minimum Gasteiger partial charge on any atom is -0.479 e. The number of nitrogens with one attached hydrogen (secondary N) is 1. The van der Waals surface area contributed by atoms with Crippen LogP contribution in [0.15, 0.2) is 30.3 Å². The Labute approximate surface area is 135 Å². The molecule has 0 saturated heterocycles. The van der Waals surface area contributed by atoms with E-state index in [4.69, 9.17) is 9.47 Å². The van der Waals surface area contributed by atoms with Gasteiger partial charge in [-0.1, -0.05) is 30.3 Å². The summed E-state index contributed by atoms with van der Waals surface area (Å²) < 4.78 is 10.8. The van der Waals surface area contributed by atoms with Gasteiger partial charge < -0.3 is 19.9 Å². The SMILES string of the molecule is CC(C)(C)OC(=O)NC1(C(=O)O)CC(OCc2ccccc2)C1. The number of hydrogen-bond acceptors (Lipinski definition) is 4. The van der Waals surface area contributed by atoms with Crippen molar-refractivity contribution in [3.8, 4) is 0 Å². The van der Waals surface area contributed by atoms with Crippen molar-refractivity contribution in [2.24, 2.45) is 0 Å². The van der Waals surface area contributed by atoms with E-state index in [0.29, 0.717) is 6.61 Å². The topological polar surface area (TPSA) is 84.9 Å². The number of carbonyl (C=O) groups is 2. The molecule has 0 radical (unpaired) electrons. The predicted octanol–water partition coefficient (Wildman–Crippen LogP) is 2.71. The van der Waals surface area contributed by atoms with Crippen LogP contribution in [0, 0.1) is 0 Å². The smallest absolute Gasteiger partial charge is 0.408 e. The molecule has 0 aliphatic heterocycles. The highest BCUT2D eigenvalue weighted by Crippen LogP contribution is 2.35. The summed E-state index contributed by atoms with van der Waals surface area (Å²) in [6.07, 6.45) is -0.453. The molecule has 126 valence electrons. The van der Waals surface area contributed by atoms with Gasteiger partial charge in [0, 0.05) is 12.8 Å². The molecule has 1 aromatic rings. The highest BCUT2D eigenvalue weighted by atomic mass is 16.6. The molecule has 0 unspecified atom stereocenters. The number of rotatable bonds is 5. The normalized spacial score (nSPS) is 23.7. The number of carbonyl (C=O) groups excluding carboxylic acids is 1. The fraction of sp³-hybridized carbons (Fsp3) is 0.529. The molecule has 2 rings (SSSR count). The Balaban J connectivity index is 1.85. The fourth-order valence-electron chi connectivity index (χ4n) is 2.45. The van der Waals surface area contributed by atoms with E-state index in [-0.39, 0.29) is 18.9 Å². The van der Waals surface area contributed by atoms with E-state index in [9.17, 15) is 14.7 Å². The molecule has 23 heavy (non-hydrogen) atoms. The van der Waals surface area contributed by atoms with E-state index in [1.165, 1.54) is 0 Å². The second-order valence-corrected chi connectivity index (χ2v) is 6.84. The van der Waals surface area contributed by atoms with Crippen LogP contribution in [-0.4, -0.2) is 34.4 Å². The molecule has 6 heteroatoms. The van der Waals surface area contributed by atoms with Crippen LogP contribution in [0.3, 0.4) is 0 Å². The summed E-state index contributed by atoms with van der Waals surface area (Å²) in [6.45, 7) is 5.61. The van der Waals surface area contributed by atoms with Crippen molar-refractivity contribution in [1.29, 1.82) is 0 Å². The summed E-state index contributed by atoms with van der Waals surface area (Å²) >= 11 is 0. The van der Waals surface area contributed by atoms with Crippen LogP contribution in [0.4, 0.5) is 4.79 Å². The van der Waals surface area contributed by atoms with E-state index in [2.05, 4.69) is 5.32 Å². The number of hydrogen-bond donors (Lipinski definition) is 2. The average Bonchev–Trinajstić information content (AvgIpc) is 2.39. The quantitative estimate of drug-likeness (QED) is 0.871. The fourth-order valence-corrected chi connectivity index (χ4v) is 2.45. The molecule has 1 saturated carbocycles. The number of aliphatic carboxylic acids is 1. The van der Waals surface area contributed by atoms with Gasteiger partial charge in [0.25, 0.3) is 0 Å². The van der Waals surface area contributed by atoms with Crippen molar-refractivity contribution in [2.75, 3.05) is 0 Å². The number of ether oxygens (including phenoxy) is 2. The first-order valence-electron chi connectivity index (χ1n) is 7.60. The average molecular weight is 321 g/mol. The van der Waals surface area contributed by atoms with Gasteiger partial charge in [-0.15, -0.1) is 0 Å². The van der Waals surface area contributed by atoms with Gasteiger partial charge in [-0.05, 0) is 26.3 Å². The molecule has 0 atom stereocenters. The van der Waals surface area contributed by atoms with Crippen LogP contribution in [0.5, 0.6) is 0 Å². The lowest BCUT2D eigenvalue weighted by molar-refractivity contribution is -0.158. The lowest BCUT2D eigenvalue weighted by atomic mass is 9.74. The van der Waals surface area contributed by atoms with Gasteiger partial charge in [0.1, 0.15) is 11.1 Å². The van der Waals surface area contributed by atoms with Gasteiger partial charge in [0.15, 0.2) is 0 Å². The van der Waals surface area contributed by atoms with Gasteiger partial charge in [-0.2, -0.15) is 0 Å². The van der Waals surface area contributed by atoms with Crippen molar-refractivity contribution < 1.29 is 24.2 Å². The Morgan fingerprint density at radius 2 is 1.87 bits per heavy atom. The van der Waals surface area contributed by atoms with Crippen molar-refractivity contribution in [2.45, 2.75) is 57.5 Å². The maximum Gasteiger partial charge on any atom is 0.408 e. The molecule has 0 spiro atoms. The van der Waals surface area contributed by atoms with Crippen LogP contribution in [0.25, 0.3) is 0 Å². The Hall–Kier alpha value is -2.08. The van der Waals surface area contributed by atoms with Gasteiger partial charge in [-0.25, -0.2) is 9.59 Å². The minimum absolute atomic E-state index is 0.193. The van der Waals surface area contributed by atoms with Crippen LogP contribution in [-0.2, 0) is 20.9 Å². The molecular formula is C17H23NO5. The van der Waals surface area contributed by atoms with E-state index in [1.54, 1.807) is 20.8 Å². The zero-order valence-corrected chi connectivity index (χ0v) is 13.7. The number of carboxylic acid groups (broad SMARTS) is 1. The van der Waals surface area contributed by atoms with E-state index in [0.717, 1.165) is 5.56 Å². The Kier molecular flexibility index (Phi) is 4.94. The molecule has 1 aliphatic carbocycles. The summed E-state index contributed by atoms with van der Waals surface area (Å²) in [5.41, 5.74) is -0.944. The van der Waals surface area contributed by atoms with Gasteiger partial charge >= 0.3 is 12.1 Å². The van der Waals surface area contributed by atoms with Crippen LogP contribution in [0.2, 0.25) is 0 Å². The summed E-state index contributed by atoms with van der Waals surface area (Å²) in [7, 11) is 0. The zero-order valence-electron chi connectivity index (χ0n) is 13.7. The maximum absolute atomic E-state index is 11.8. The second kappa shape index (κ2) is 6.58. The summed E-state index contributed by atoms with van der Waals surface area (Å²) in [5, 5.41) is 11.9. The number of carboxylic acids is 1. The first kappa shape index (κ1) is 17.3. The Morgan fingerprint density at radius 1 is 1.26 bits per heavy atom. The molecule has 1 amide bonds. The van der Waals surface area contributed by atoms with Crippen molar-refractivity contribution >= 4 is 12.1 Å². The van der Waals surface area contributed by atoms with Crippen molar-refractivity contribution in [1.82, 2.24) is 5.32 Å². The lowest BCUT2D eigenvalue weighted by Crippen LogP contribution is -2.65. The molecule has 1 fully saturated rings. The highest BCUT2D eigenvalue weighted by Gasteiger charge is 2.53. The van der Waals surface area contributed by atoms with Crippen molar-refractivity contribution in [3.05, 3.63) is 35.9 Å². The molecule has 0 heterocycles. The van der Waals surface area contributed by atoms with Crippen LogP contribution >= 0.6 is 0 Å². The zero-order chi connectivity index (χ0) is 17.1. The molecule has 6 nitrogen and oxygen atoms in total. The summed E-state index contributed by atoms with van der Waals surface area (Å²) in [5.74, 6) is -1.07. The van der Waals surface area contributed by atoms with Gasteiger partial charge in [0.05, 0.1) is 12.7 Å². The molecule has 1 aromatic carbocycles. The number of amides is 1. The third-order valence-electron chi connectivity index (χ3n) is 3.63. The number of benzene rings is 1. The standard InChI is InChI=1S/C17H23NO5/c1-16(2,3)23-15(21)18-17(14(19)20)9-13(10-17)22-11-12-7-5-4-6-8-12/h4-8,13H,9-11H2,1-3H3,(H,18,21)(H,19,20). The highest BCUT2D eigenvalue weighted by molar-refractivity contribution is 5.85. The summed E-state index contributed by atoms with van der Waals surface area (Å²) in [6, 6.07) is 9.66. The van der Waals surface area contributed by atoms with Gasteiger partial charge in [-0.3, -0.25) is 0 Å². The molecule has 1 aliphatic rings.